The quantitative estimate of drug-likeness (QED) is 0.658. The average molecular weight is 336 g/mol. The van der Waals surface area contributed by atoms with E-state index < -0.39 is 0 Å². The number of nitrogens with one attached hydrogen (secondary N) is 1. The first-order chi connectivity index (χ1) is 10.6. The first kappa shape index (κ1) is 14.8. The summed E-state index contributed by atoms with van der Waals surface area (Å²) in [6.07, 6.45) is 2.95. The highest BCUT2D eigenvalue weighted by molar-refractivity contribution is 6.36. The highest BCUT2D eigenvalue weighted by atomic mass is 35.5. The second-order valence-corrected chi connectivity index (χ2v) is 5.38. The number of ether oxygens (including phenoxy) is 2. The van der Waals surface area contributed by atoms with Crippen LogP contribution in [0.3, 0.4) is 0 Å². The van der Waals surface area contributed by atoms with Crippen LogP contribution in [0.15, 0.2) is 48.7 Å². The van der Waals surface area contributed by atoms with Crippen molar-refractivity contribution >= 4 is 34.7 Å². The number of hydrogen-bond acceptors (Lipinski definition) is 4. The summed E-state index contributed by atoms with van der Waals surface area (Å²) < 4.78 is 10.5. The van der Waals surface area contributed by atoms with Crippen LogP contribution in [0.1, 0.15) is 10.4 Å². The first-order valence-corrected chi connectivity index (χ1v) is 7.21. The van der Waals surface area contributed by atoms with E-state index in [9.17, 15) is 4.79 Å². The van der Waals surface area contributed by atoms with E-state index in [1.165, 1.54) is 12.3 Å². The summed E-state index contributed by atoms with van der Waals surface area (Å²) in [5.41, 5.74) is 1.19. The Balaban J connectivity index is 1.68. The smallest absolute Gasteiger partial charge is 0.231 e. The number of allylic oxidation sites excluding steroid dienone is 1. The predicted octanol–water partition coefficient (Wildman–Crippen LogP) is 4.53. The molecule has 4 nitrogen and oxygen atoms in total. The van der Waals surface area contributed by atoms with E-state index in [-0.39, 0.29) is 12.6 Å². The van der Waals surface area contributed by atoms with E-state index in [1.54, 1.807) is 36.4 Å². The fraction of sp³-hybridized carbons (Fsp3) is 0.0625. The van der Waals surface area contributed by atoms with Crippen LogP contribution in [0, 0.1) is 0 Å². The molecule has 1 N–H and O–H groups in total. The lowest BCUT2D eigenvalue weighted by Crippen LogP contribution is -1.97. The third-order valence-electron chi connectivity index (χ3n) is 3.06. The van der Waals surface area contributed by atoms with E-state index in [1.807, 2.05) is 0 Å². The highest BCUT2D eigenvalue weighted by Gasteiger charge is 2.15. The Labute approximate surface area is 137 Å². The minimum Gasteiger partial charge on any atom is -0.454 e. The van der Waals surface area contributed by atoms with Gasteiger partial charge in [-0.1, -0.05) is 23.2 Å². The number of carbonyl (C=O) groups excluding carboxylic acids is 1. The van der Waals surface area contributed by atoms with Gasteiger partial charge >= 0.3 is 0 Å². The minimum atomic E-state index is -0.157. The van der Waals surface area contributed by atoms with Crippen LogP contribution in [0.5, 0.6) is 11.5 Å². The molecule has 2 aromatic carbocycles. The van der Waals surface area contributed by atoms with Crippen LogP contribution < -0.4 is 14.8 Å². The van der Waals surface area contributed by atoms with Crippen molar-refractivity contribution in [2.24, 2.45) is 0 Å². The SMILES string of the molecule is O=C(C=CNc1ccc(Cl)cc1Cl)c1ccc2c(c1)OCO2. The Morgan fingerprint density at radius 3 is 2.73 bits per heavy atom. The maximum atomic E-state index is 12.1. The summed E-state index contributed by atoms with van der Waals surface area (Å²) in [6.45, 7) is 0.180. The molecular formula is C16H11Cl2NO3. The van der Waals surface area contributed by atoms with Crippen molar-refractivity contribution in [3.8, 4) is 11.5 Å². The molecule has 0 bridgehead atoms. The van der Waals surface area contributed by atoms with Gasteiger partial charge in [0.05, 0.1) is 10.7 Å². The molecule has 0 spiro atoms. The summed E-state index contributed by atoms with van der Waals surface area (Å²) in [7, 11) is 0. The molecule has 0 amide bonds. The molecule has 0 atom stereocenters. The van der Waals surface area contributed by atoms with E-state index >= 15 is 0 Å². The van der Waals surface area contributed by atoms with Crippen molar-refractivity contribution in [3.63, 3.8) is 0 Å². The molecule has 1 aliphatic rings. The van der Waals surface area contributed by atoms with Crippen molar-refractivity contribution in [2.75, 3.05) is 12.1 Å². The number of benzene rings is 2. The summed E-state index contributed by atoms with van der Waals surface area (Å²) >= 11 is 11.9. The summed E-state index contributed by atoms with van der Waals surface area (Å²) in [4.78, 5) is 12.1. The van der Waals surface area contributed by atoms with Gasteiger partial charge in [0.15, 0.2) is 17.3 Å². The average Bonchev–Trinajstić information content (AvgIpc) is 2.96. The lowest BCUT2D eigenvalue weighted by Gasteiger charge is -2.04. The molecule has 1 aliphatic heterocycles. The molecule has 112 valence electrons. The Hall–Kier alpha value is -2.17. The van der Waals surface area contributed by atoms with Gasteiger partial charge in [0.2, 0.25) is 6.79 Å². The fourth-order valence-electron chi connectivity index (χ4n) is 1.96. The van der Waals surface area contributed by atoms with Crippen LogP contribution in [0.2, 0.25) is 10.0 Å². The molecule has 0 fully saturated rings. The standard InChI is InChI=1S/C16H11Cl2NO3/c17-11-2-3-13(12(18)8-11)19-6-5-14(20)10-1-4-15-16(7-10)22-9-21-15/h1-8,19H,9H2. The molecule has 0 saturated carbocycles. The maximum absolute atomic E-state index is 12.1. The van der Waals surface area contributed by atoms with E-state index in [2.05, 4.69) is 5.32 Å². The number of carbonyl (C=O) groups is 1. The van der Waals surface area contributed by atoms with Gasteiger partial charge in [-0.3, -0.25) is 4.79 Å². The van der Waals surface area contributed by atoms with E-state index in [0.29, 0.717) is 32.8 Å². The van der Waals surface area contributed by atoms with Gasteiger partial charge < -0.3 is 14.8 Å². The topological polar surface area (TPSA) is 47.6 Å². The molecule has 2 aromatic rings. The van der Waals surface area contributed by atoms with E-state index in [4.69, 9.17) is 32.7 Å². The molecule has 22 heavy (non-hydrogen) atoms. The van der Waals surface area contributed by atoms with Gasteiger partial charge in [0.1, 0.15) is 0 Å². The van der Waals surface area contributed by atoms with Gasteiger partial charge in [-0.2, -0.15) is 0 Å². The largest absolute Gasteiger partial charge is 0.454 e. The van der Waals surface area contributed by atoms with E-state index in [0.717, 1.165) is 0 Å². The van der Waals surface area contributed by atoms with Crippen molar-refractivity contribution in [3.05, 3.63) is 64.3 Å². The number of rotatable bonds is 4. The number of ketones is 1. The Morgan fingerprint density at radius 1 is 1.09 bits per heavy atom. The molecule has 0 aromatic heterocycles. The lowest BCUT2D eigenvalue weighted by atomic mass is 10.1. The van der Waals surface area contributed by atoms with Gasteiger partial charge in [0, 0.05) is 22.9 Å². The predicted molar refractivity (Wildman–Crippen MR) is 86.1 cm³/mol. The maximum Gasteiger partial charge on any atom is 0.231 e. The Bertz CT molecular complexity index is 759. The number of halogens is 2. The van der Waals surface area contributed by atoms with Gasteiger partial charge in [-0.05, 0) is 36.4 Å². The fourth-order valence-corrected chi connectivity index (χ4v) is 2.42. The highest BCUT2D eigenvalue weighted by Crippen LogP contribution is 2.32. The Kier molecular flexibility index (Phi) is 4.22. The second-order valence-electron chi connectivity index (χ2n) is 4.53. The summed E-state index contributed by atoms with van der Waals surface area (Å²) in [5.74, 6) is 1.07. The number of fused-ring (bicyclic) bond motifs is 1. The third kappa shape index (κ3) is 3.18. The lowest BCUT2D eigenvalue weighted by molar-refractivity contribution is 0.104. The van der Waals surface area contributed by atoms with Crippen molar-refractivity contribution in [2.45, 2.75) is 0 Å². The zero-order valence-corrected chi connectivity index (χ0v) is 12.8. The van der Waals surface area contributed by atoms with Crippen molar-refractivity contribution < 1.29 is 14.3 Å². The molecule has 0 saturated heterocycles. The van der Waals surface area contributed by atoms with Crippen LogP contribution in [0.4, 0.5) is 5.69 Å². The summed E-state index contributed by atoms with van der Waals surface area (Å²) in [5, 5.41) is 3.98. The number of anilines is 1. The first-order valence-electron chi connectivity index (χ1n) is 6.45. The monoisotopic (exact) mass is 335 g/mol. The molecule has 6 heteroatoms. The van der Waals surface area contributed by atoms with Crippen LogP contribution in [-0.4, -0.2) is 12.6 Å². The van der Waals surface area contributed by atoms with Crippen molar-refractivity contribution in [1.29, 1.82) is 0 Å². The van der Waals surface area contributed by atoms with Gasteiger partial charge in [-0.25, -0.2) is 0 Å². The zero-order valence-electron chi connectivity index (χ0n) is 11.3. The molecule has 0 unspecified atom stereocenters. The van der Waals surface area contributed by atoms with Gasteiger partial charge in [-0.15, -0.1) is 0 Å². The molecule has 3 rings (SSSR count). The molecule has 0 radical (unpaired) electrons. The molecule has 0 aliphatic carbocycles. The molecular weight excluding hydrogens is 325 g/mol. The third-order valence-corrected chi connectivity index (χ3v) is 3.61. The number of hydrogen-bond donors (Lipinski definition) is 1. The second kappa shape index (κ2) is 6.30. The van der Waals surface area contributed by atoms with Gasteiger partial charge in [0.25, 0.3) is 0 Å². The normalized spacial score (nSPS) is 12.6. The summed E-state index contributed by atoms with van der Waals surface area (Å²) in [6, 6.07) is 10.1. The van der Waals surface area contributed by atoms with Crippen molar-refractivity contribution in [1.82, 2.24) is 0 Å². The van der Waals surface area contributed by atoms with Crippen LogP contribution >= 0.6 is 23.2 Å². The minimum absolute atomic E-state index is 0.157. The molecule has 1 heterocycles. The zero-order chi connectivity index (χ0) is 15.5. The Morgan fingerprint density at radius 2 is 1.91 bits per heavy atom. The van der Waals surface area contributed by atoms with Crippen LogP contribution in [-0.2, 0) is 0 Å². The van der Waals surface area contributed by atoms with Crippen LogP contribution in [0.25, 0.3) is 0 Å².